The third-order valence-corrected chi connectivity index (χ3v) is 3.93. The SMILES string of the molecule is COC1(CNC(=O)c2ccn[nH]2)CCC(C)CC1. The van der Waals surface area contributed by atoms with E-state index in [2.05, 4.69) is 22.4 Å². The molecule has 0 spiro atoms. The Morgan fingerprint density at radius 3 is 2.89 bits per heavy atom. The van der Waals surface area contributed by atoms with Crippen LogP contribution in [0.4, 0.5) is 0 Å². The predicted octanol–water partition coefficient (Wildman–Crippen LogP) is 1.73. The maximum atomic E-state index is 11.8. The van der Waals surface area contributed by atoms with Crippen LogP contribution in [-0.4, -0.2) is 35.4 Å². The van der Waals surface area contributed by atoms with E-state index in [1.807, 2.05) is 0 Å². The van der Waals surface area contributed by atoms with Crippen LogP contribution in [0, 0.1) is 5.92 Å². The topological polar surface area (TPSA) is 67.0 Å². The van der Waals surface area contributed by atoms with E-state index in [-0.39, 0.29) is 11.5 Å². The molecule has 18 heavy (non-hydrogen) atoms. The molecule has 5 heteroatoms. The first-order valence-corrected chi connectivity index (χ1v) is 6.48. The summed E-state index contributed by atoms with van der Waals surface area (Å²) in [5.41, 5.74) is 0.299. The molecule has 0 unspecified atom stereocenters. The first kappa shape index (κ1) is 13.1. The van der Waals surface area contributed by atoms with Crippen LogP contribution in [0.2, 0.25) is 0 Å². The number of ether oxygens (including phenoxy) is 1. The molecule has 5 nitrogen and oxygen atoms in total. The number of carbonyl (C=O) groups is 1. The molecule has 2 rings (SSSR count). The summed E-state index contributed by atoms with van der Waals surface area (Å²) in [6.07, 6.45) is 5.91. The van der Waals surface area contributed by atoms with Gasteiger partial charge in [-0.1, -0.05) is 6.92 Å². The molecular weight excluding hydrogens is 230 g/mol. The van der Waals surface area contributed by atoms with Gasteiger partial charge in [0, 0.05) is 19.9 Å². The minimum Gasteiger partial charge on any atom is -0.376 e. The fourth-order valence-electron chi connectivity index (χ4n) is 2.46. The van der Waals surface area contributed by atoms with Gasteiger partial charge in [0.05, 0.1) is 5.60 Å². The van der Waals surface area contributed by atoms with E-state index < -0.39 is 0 Å². The maximum absolute atomic E-state index is 11.8. The Balaban J connectivity index is 1.89. The van der Waals surface area contributed by atoms with Gasteiger partial charge in [-0.3, -0.25) is 9.89 Å². The van der Waals surface area contributed by atoms with Gasteiger partial charge in [-0.05, 0) is 37.7 Å². The standard InChI is InChI=1S/C13H21N3O2/c1-10-3-6-13(18-2,7-4-10)9-14-12(17)11-5-8-15-16-11/h5,8,10H,3-4,6-7,9H2,1-2H3,(H,14,17)(H,15,16). The average molecular weight is 251 g/mol. The van der Waals surface area contributed by atoms with Crippen molar-refractivity contribution in [2.75, 3.05) is 13.7 Å². The predicted molar refractivity (Wildman–Crippen MR) is 68.3 cm³/mol. The number of nitrogens with zero attached hydrogens (tertiary/aromatic N) is 1. The molecule has 1 aliphatic carbocycles. The lowest BCUT2D eigenvalue weighted by atomic mass is 9.79. The van der Waals surface area contributed by atoms with Gasteiger partial charge in [-0.15, -0.1) is 0 Å². The van der Waals surface area contributed by atoms with Gasteiger partial charge in [0.1, 0.15) is 5.69 Å². The van der Waals surface area contributed by atoms with Gasteiger partial charge in [-0.2, -0.15) is 5.10 Å². The average Bonchev–Trinajstić information content (AvgIpc) is 2.92. The van der Waals surface area contributed by atoms with Gasteiger partial charge in [0.25, 0.3) is 5.91 Å². The normalized spacial score (nSPS) is 28.0. The summed E-state index contributed by atoms with van der Waals surface area (Å²) in [7, 11) is 1.73. The van der Waals surface area contributed by atoms with Crippen molar-refractivity contribution >= 4 is 5.91 Å². The molecule has 2 N–H and O–H groups in total. The molecule has 1 aliphatic rings. The van der Waals surface area contributed by atoms with E-state index in [4.69, 9.17) is 4.74 Å². The molecule has 1 aromatic heterocycles. The molecule has 0 aliphatic heterocycles. The number of aromatic nitrogens is 2. The summed E-state index contributed by atoms with van der Waals surface area (Å²) in [5.74, 6) is 0.638. The van der Waals surface area contributed by atoms with E-state index in [0.29, 0.717) is 12.2 Å². The van der Waals surface area contributed by atoms with Crippen molar-refractivity contribution in [2.24, 2.45) is 5.92 Å². The zero-order valence-electron chi connectivity index (χ0n) is 11.0. The number of hydrogen-bond donors (Lipinski definition) is 2. The van der Waals surface area contributed by atoms with E-state index in [1.54, 1.807) is 19.4 Å². The number of amides is 1. The molecule has 0 atom stereocenters. The van der Waals surface area contributed by atoms with Crippen molar-refractivity contribution in [1.82, 2.24) is 15.5 Å². The summed E-state index contributed by atoms with van der Waals surface area (Å²) in [5, 5.41) is 9.35. The lowest BCUT2D eigenvalue weighted by Gasteiger charge is -2.38. The number of carbonyl (C=O) groups excluding carboxylic acids is 1. The third-order valence-electron chi connectivity index (χ3n) is 3.93. The van der Waals surface area contributed by atoms with Gasteiger partial charge >= 0.3 is 0 Å². The first-order chi connectivity index (χ1) is 8.65. The number of aromatic amines is 1. The summed E-state index contributed by atoms with van der Waals surface area (Å²) >= 11 is 0. The highest BCUT2D eigenvalue weighted by atomic mass is 16.5. The van der Waals surface area contributed by atoms with Gasteiger partial charge in [0.15, 0.2) is 0 Å². The molecule has 1 aromatic rings. The van der Waals surface area contributed by atoms with Crippen molar-refractivity contribution < 1.29 is 9.53 Å². The molecule has 100 valence electrons. The van der Waals surface area contributed by atoms with Gasteiger partial charge in [-0.25, -0.2) is 0 Å². The smallest absolute Gasteiger partial charge is 0.269 e. The number of methoxy groups -OCH3 is 1. The lowest BCUT2D eigenvalue weighted by molar-refractivity contribution is -0.0446. The van der Waals surface area contributed by atoms with Crippen LogP contribution in [-0.2, 0) is 4.74 Å². The van der Waals surface area contributed by atoms with Crippen molar-refractivity contribution in [1.29, 1.82) is 0 Å². The van der Waals surface area contributed by atoms with E-state index in [0.717, 1.165) is 31.6 Å². The highest BCUT2D eigenvalue weighted by Crippen LogP contribution is 2.33. The second-order valence-corrected chi connectivity index (χ2v) is 5.22. The summed E-state index contributed by atoms with van der Waals surface area (Å²) in [4.78, 5) is 11.8. The third kappa shape index (κ3) is 2.90. The van der Waals surface area contributed by atoms with Crippen LogP contribution in [0.3, 0.4) is 0 Å². The molecule has 1 saturated carbocycles. The zero-order chi connectivity index (χ0) is 13.0. The Morgan fingerprint density at radius 1 is 1.61 bits per heavy atom. The van der Waals surface area contributed by atoms with Crippen LogP contribution < -0.4 is 5.32 Å². The van der Waals surface area contributed by atoms with E-state index in [1.165, 1.54) is 0 Å². The Morgan fingerprint density at radius 2 is 2.33 bits per heavy atom. The highest BCUT2D eigenvalue weighted by molar-refractivity contribution is 5.92. The van der Waals surface area contributed by atoms with Crippen molar-refractivity contribution in [3.05, 3.63) is 18.0 Å². The maximum Gasteiger partial charge on any atom is 0.269 e. The van der Waals surface area contributed by atoms with E-state index in [9.17, 15) is 4.79 Å². The quantitative estimate of drug-likeness (QED) is 0.856. The number of rotatable bonds is 4. The van der Waals surface area contributed by atoms with Gasteiger partial charge < -0.3 is 10.1 Å². The summed E-state index contributed by atoms with van der Waals surface area (Å²) in [6, 6.07) is 1.66. The Labute approximate surface area is 107 Å². The minimum absolute atomic E-state index is 0.123. The fraction of sp³-hybridized carbons (Fsp3) is 0.692. The minimum atomic E-state index is -0.192. The molecule has 1 amide bonds. The molecule has 0 saturated heterocycles. The van der Waals surface area contributed by atoms with Crippen molar-refractivity contribution in [3.8, 4) is 0 Å². The number of nitrogens with one attached hydrogen (secondary N) is 2. The molecule has 0 bridgehead atoms. The number of hydrogen-bond acceptors (Lipinski definition) is 3. The Hall–Kier alpha value is -1.36. The van der Waals surface area contributed by atoms with Crippen LogP contribution in [0.5, 0.6) is 0 Å². The molecule has 0 aromatic carbocycles. The Kier molecular flexibility index (Phi) is 4.01. The highest BCUT2D eigenvalue weighted by Gasteiger charge is 2.34. The molecule has 0 radical (unpaired) electrons. The van der Waals surface area contributed by atoms with Crippen LogP contribution in [0.15, 0.2) is 12.3 Å². The monoisotopic (exact) mass is 251 g/mol. The van der Waals surface area contributed by atoms with Crippen molar-refractivity contribution in [2.45, 2.75) is 38.2 Å². The largest absolute Gasteiger partial charge is 0.376 e. The lowest BCUT2D eigenvalue weighted by Crippen LogP contribution is -2.46. The van der Waals surface area contributed by atoms with Gasteiger partial charge in [0.2, 0.25) is 0 Å². The second-order valence-electron chi connectivity index (χ2n) is 5.22. The van der Waals surface area contributed by atoms with Crippen LogP contribution >= 0.6 is 0 Å². The Bertz CT molecular complexity index is 381. The molecular formula is C13H21N3O2. The molecule has 1 fully saturated rings. The molecule has 1 heterocycles. The summed E-state index contributed by atoms with van der Waals surface area (Å²) in [6.45, 7) is 2.83. The zero-order valence-corrected chi connectivity index (χ0v) is 11.0. The second kappa shape index (κ2) is 5.52. The van der Waals surface area contributed by atoms with Crippen LogP contribution in [0.25, 0.3) is 0 Å². The number of H-pyrrole nitrogens is 1. The van der Waals surface area contributed by atoms with E-state index >= 15 is 0 Å². The fourth-order valence-corrected chi connectivity index (χ4v) is 2.46. The first-order valence-electron chi connectivity index (χ1n) is 6.48. The van der Waals surface area contributed by atoms with Crippen LogP contribution in [0.1, 0.15) is 43.1 Å². The summed E-state index contributed by atoms with van der Waals surface area (Å²) < 4.78 is 5.65. The van der Waals surface area contributed by atoms with Crippen molar-refractivity contribution in [3.63, 3.8) is 0 Å².